The van der Waals surface area contributed by atoms with E-state index in [9.17, 15) is 19.8 Å². The Kier molecular flexibility index (Phi) is 36.4. The third kappa shape index (κ3) is 38.6. The Morgan fingerprint density at radius 2 is 1.06 bits per heavy atom. The monoisotopic (exact) mass is 703 g/mol. The summed E-state index contributed by atoms with van der Waals surface area (Å²) in [4.78, 5) is 23.9. The Morgan fingerprint density at radius 1 is 0.560 bits per heavy atom. The number of hydrogen-bond donors (Lipinski definition) is 2. The number of carbonyl (C=O) groups excluding carboxylic acids is 2. The molecule has 0 heterocycles. The number of rotatable bonds is 36. The Morgan fingerprint density at radius 3 is 1.62 bits per heavy atom. The third-order valence-electron chi connectivity index (χ3n) is 8.83. The minimum atomic E-state index is -1.00. The van der Waals surface area contributed by atoms with Gasteiger partial charge in [0.25, 0.3) is 0 Å². The van der Waals surface area contributed by atoms with Crippen LogP contribution in [0.15, 0.2) is 48.6 Å². The Bertz CT molecular complexity index is 874. The van der Waals surface area contributed by atoms with Gasteiger partial charge in [-0.3, -0.25) is 9.59 Å². The standard InChI is InChI=1S/C44H78O6/c1-4-5-6-7-18-24-29-34-41(45)35-30-25-20-17-22-27-32-37-44(48)50-39-42(46)38-49-43(47)36-31-26-21-16-14-12-10-8-9-11-13-15-19-23-28-33-40(2)3/h17-18,22,24-25,29-30,34,40-42,45-46H,4-16,19-21,23,26-28,31-33,35-39H2,1-3H3/b22-17+,24-18-,30-25-,34-29-/t41-,42-/m1/s1. The topological polar surface area (TPSA) is 93.1 Å². The minimum absolute atomic E-state index is 0.149. The summed E-state index contributed by atoms with van der Waals surface area (Å²) < 4.78 is 10.3. The van der Waals surface area contributed by atoms with Gasteiger partial charge >= 0.3 is 11.9 Å². The zero-order valence-corrected chi connectivity index (χ0v) is 32.7. The van der Waals surface area contributed by atoms with Crippen LogP contribution in [0.3, 0.4) is 0 Å². The second kappa shape index (κ2) is 38.1. The van der Waals surface area contributed by atoms with Crippen molar-refractivity contribution in [1.29, 1.82) is 0 Å². The van der Waals surface area contributed by atoms with Gasteiger partial charge in [-0.25, -0.2) is 0 Å². The molecule has 0 bridgehead atoms. The van der Waals surface area contributed by atoms with Crippen molar-refractivity contribution in [3.63, 3.8) is 0 Å². The highest BCUT2D eigenvalue weighted by molar-refractivity contribution is 5.69. The third-order valence-corrected chi connectivity index (χ3v) is 8.83. The van der Waals surface area contributed by atoms with Crippen LogP contribution in [0.25, 0.3) is 0 Å². The van der Waals surface area contributed by atoms with E-state index in [1.807, 2.05) is 42.5 Å². The molecule has 0 rings (SSSR count). The lowest BCUT2D eigenvalue weighted by molar-refractivity contribution is -0.152. The van der Waals surface area contributed by atoms with Gasteiger partial charge in [0.1, 0.15) is 19.3 Å². The molecule has 0 aromatic carbocycles. The average molecular weight is 703 g/mol. The zero-order chi connectivity index (χ0) is 36.8. The summed E-state index contributed by atoms with van der Waals surface area (Å²) >= 11 is 0. The van der Waals surface area contributed by atoms with Gasteiger partial charge in [-0.05, 0) is 50.9 Å². The molecule has 0 aromatic rings. The maximum Gasteiger partial charge on any atom is 0.305 e. The molecule has 6 heteroatoms. The minimum Gasteiger partial charge on any atom is -0.463 e. The zero-order valence-electron chi connectivity index (χ0n) is 32.7. The van der Waals surface area contributed by atoms with E-state index >= 15 is 0 Å². The van der Waals surface area contributed by atoms with Crippen molar-refractivity contribution >= 4 is 11.9 Å². The van der Waals surface area contributed by atoms with Crippen LogP contribution in [-0.2, 0) is 19.1 Å². The smallest absolute Gasteiger partial charge is 0.305 e. The fraction of sp³-hybridized carbons (Fsp3) is 0.773. The SMILES string of the molecule is CCCCC/C=C\C=C/[C@@H](O)C/C=C\C/C=C/CCCC(=O)OC[C@H](O)COC(=O)CCCCCCCCCCCCCCCCCC(C)C. The summed E-state index contributed by atoms with van der Waals surface area (Å²) in [6.45, 7) is 6.51. The van der Waals surface area contributed by atoms with Gasteiger partial charge in [-0.15, -0.1) is 0 Å². The van der Waals surface area contributed by atoms with Crippen molar-refractivity contribution in [1.82, 2.24) is 0 Å². The van der Waals surface area contributed by atoms with Gasteiger partial charge in [0.05, 0.1) is 6.10 Å². The van der Waals surface area contributed by atoms with Gasteiger partial charge in [0.15, 0.2) is 0 Å². The maximum absolute atomic E-state index is 12.0. The van der Waals surface area contributed by atoms with Crippen LogP contribution in [0.5, 0.6) is 0 Å². The van der Waals surface area contributed by atoms with E-state index in [-0.39, 0.29) is 31.6 Å². The summed E-state index contributed by atoms with van der Waals surface area (Å²) in [7, 11) is 0. The lowest BCUT2D eigenvalue weighted by Gasteiger charge is -2.12. The van der Waals surface area contributed by atoms with E-state index in [0.29, 0.717) is 19.3 Å². The number of ether oxygens (including phenoxy) is 2. The Balaban J connectivity index is 3.56. The van der Waals surface area contributed by atoms with E-state index in [0.717, 1.165) is 44.4 Å². The lowest BCUT2D eigenvalue weighted by Crippen LogP contribution is -2.25. The molecule has 0 saturated carbocycles. The molecule has 0 fully saturated rings. The number of allylic oxidation sites excluding steroid dienone is 6. The lowest BCUT2D eigenvalue weighted by atomic mass is 10.0. The van der Waals surface area contributed by atoms with Crippen LogP contribution in [0.1, 0.15) is 188 Å². The predicted octanol–water partition coefficient (Wildman–Crippen LogP) is 11.8. The highest BCUT2D eigenvalue weighted by Gasteiger charge is 2.12. The van der Waals surface area contributed by atoms with Crippen LogP contribution < -0.4 is 0 Å². The molecule has 0 aromatic heterocycles. The normalized spacial score (nSPS) is 13.4. The molecule has 0 aliphatic heterocycles. The van der Waals surface area contributed by atoms with E-state index in [1.165, 1.54) is 103 Å². The molecule has 0 unspecified atom stereocenters. The first-order chi connectivity index (χ1) is 24.3. The van der Waals surface area contributed by atoms with Crippen molar-refractivity contribution in [2.45, 2.75) is 200 Å². The quantitative estimate of drug-likeness (QED) is 0.0292. The van der Waals surface area contributed by atoms with Crippen molar-refractivity contribution in [3.8, 4) is 0 Å². The molecule has 290 valence electrons. The second-order valence-corrected chi connectivity index (χ2v) is 14.4. The number of aliphatic hydroxyl groups excluding tert-OH is 2. The van der Waals surface area contributed by atoms with E-state index in [1.54, 1.807) is 0 Å². The fourth-order valence-electron chi connectivity index (χ4n) is 5.64. The Labute approximate surface area is 308 Å². The van der Waals surface area contributed by atoms with Crippen molar-refractivity contribution in [2.24, 2.45) is 5.92 Å². The molecule has 0 radical (unpaired) electrons. The molecule has 0 aliphatic rings. The summed E-state index contributed by atoms with van der Waals surface area (Å²) in [5.74, 6) is 0.183. The number of esters is 2. The Hall–Kier alpha value is -2.18. The first kappa shape index (κ1) is 47.8. The molecule has 0 spiro atoms. The molecule has 0 saturated heterocycles. The molecule has 2 atom stereocenters. The van der Waals surface area contributed by atoms with Crippen molar-refractivity contribution in [3.05, 3.63) is 48.6 Å². The molecule has 0 amide bonds. The first-order valence-electron chi connectivity index (χ1n) is 20.7. The maximum atomic E-state index is 12.0. The van der Waals surface area contributed by atoms with E-state index in [4.69, 9.17) is 9.47 Å². The number of hydrogen-bond acceptors (Lipinski definition) is 6. The van der Waals surface area contributed by atoms with Crippen molar-refractivity contribution < 1.29 is 29.3 Å². The summed E-state index contributed by atoms with van der Waals surface area (Å²) in [6.07, 6.45) is 43.4. The van der Waals surface area contributed by atoms with Gasteiger partial charge < -0.3 is 19.7 Å². The number of carbonyl (C=O) groups is 2. The van der Waals surface area contributed by atoms with Crippen LogP contribution >= 0.6 is 0 Å². The second-order valence-electron chi connectivity index (χ2n) is 14.4. The largest absolute Gasteiger partial charge is 0.463 e. The fourth-order valence-corrected chi connectivity index (χ4v) is 5.64. The van der Waals surface area contributed by atoms with Crippen LogP contribution in [0, 0.1) is 5.92 Å². The van der Waals surface area contributed by atoms with E-state index < -0.39 is 12.2 Å². The highest BCUT2D eigenvalue weighted by Crippen LogP contribution is 2.15. The predicted molar refractivity (Wildman–Crippen MR) is 211 cm³/mol. The average Bonchev–Trinajstić information content (AvgIpc) is 3.09. The van der Waals surface area contributed by atoms with Crippen LogP contribution in [-0.4, -0.2) is 47.6 Å². The molecule has 2 N–H and O–H groups in total. The first-order valence-corrected chi connectivity index (χ1v) is 20.7. The molecule has 0 aliphatic carbocycles. The molecular weight excluding hydrogens is 624 g/mol. The van der Waals surface area contributed by atoms with Crippen molar-refractivity contribution in [2.75, 3.05) is 13.2 Å². The number of unbranched alkanes of at least 4 members (excludes halogenated alkanes) is 18. The van der Waals surface area contributed by atoms with Crippen LogP contribution in [0.4, 0.5) is 0 Å². The summed E-state index contributed by atoms with van der Waals surface area (Å²) in [5, 5.41) is 20.0. The van der Waals surface area contributed by atoms with E-state index in [2.05, 4.69) is 26.8 Å². The van der Waals surface area contributed by atoms with Crippen LogP contribution in [0.2, 0.25) is 0 Å². The van der Waals surface area contributed by atoms with Gasteiger partial charge in [0, 0.05) is 12.8 Å². The highest BCUT2D eigenvalue weighted by atomic mass is 16.6. The molecular formula is C44H78O6. The summed E-state index contributed by atoms with van der Waals surface area (Å²) in [5.41, 5.74) is 0. The summed E-state index contributed by atoms with van der Waals surface area (Å²) in [6, 6.07) is 0. The van der Waals surface area contributed by atoms with Gasteiger partial charge in [-0.1, -0.05) is 179 Å². The molecule has 50 heavy (non-hydrogen) atoms. The van der Waals surface area contributed by atoms with Gasteiger partial charge in [-0.2, -0.15) is 0 Å². The number of aliphatic hydroxyl groups is 2. The molecule has 6 nitrogen and oxygen atoms in total. The van der Waals surface area contributed by atoms with Gasteiger partial charge in [0.2, 0.25) is 0 Å².